The van der Waals surface area contributed by atoms with Crippen LogP contribution in [0.4, 0.5) is 5.69 Å². The lowest BCUT2D eigenvalue weighted by atomic mass is 10.2. The van der Waals surface area contributed by atoms with Gasteiger partial charge in [0.2, 0.25) is 5.88 Å². The molecule has 4 heterocycles. The molecule has 0 saturated carbocycles. The number of ether oxygens (including phenoxy) is 1. The number of anilines is 1. The van der Waals surface area contributed by atoms with Crippen LogP contribution in [0.25, 0.3) is 11.0 Å². The van der Waals surface area contributed by atoms with Crippen LogP contribution in [0, 0.1) is 6.92 Å². The van der Waals surface area contributed by atoms with Gasteiger partial charge in [0, 0.05) is 12.4 Å². The molecule has 1 atom stereocenters. The Balaban J connectivity index is 1.33. The van der Waals surface area contributed by atoms with Crippen LogP contribution in [-0.2, 0) is 17.9 Å². The molecule has 1 aliphatic rings. The number of aliphatic hydroxyl groups is 1. The highest BCUT2D eigenvalue weighted by Gasteiger charge is 2.27. The Morgan fingerprint density at radius 2 is 2.09 bits per heavy atom. The molecular formula is C20H19N7O5. The number of aliphatic hydroxyl groups excluding tert-OH is 1. The Hall–Kier alpha value is -4.06. The lowest BCUT2D eigenvalue weighted by molar-refractivity contribution is -0.121. The van der Waals surface area contributed by atoms with Gasteiger partial charge in [-0.05, 0) is 29.8 Å². The van der Waals surface area contributed by atoms with Gasteiger partial charge in [-0.1, -0.05) is 12.1 Å². The molecule has 0 saturated heterocycles. The summed E-state index contributed by atoms with van der Waals surface area (Å²) < 4.78 is 12.2. The first-order chi connectivity index (χ1) is 15.4. The molecule has 0 unspecified atom stereocenters. The second-order valence-corrected chi connectivity index (χ2v) is 7.54. The van der Waals surface area contributed by atoms with Gasteiger partial charge in [-0.25, -0.2) is 4.98 Å². The van der Waals surface area contributed by atoms with Gasteiger partial charge in [0.15, 0.2) is 18.1 Å². The smallest absolute Gasteiger partial charge is 0.281 e. The number of aromatic nitrogens is 6. The summed E-state index contributed by atoms with van der Waals surface area (Å²) in [5.74, 6) is 0.404. The molecular weight excluding hydrogens is 418 g/mol. The van der Waals surface area contributed by atoms with Crippen LogP contribution in [0.15, 0.2) is 39.8 Å². The van der Waals surface area contributed by atoms with E-state index in [2.05, 4.69) is 20.4 Å². The summed E-state index contributed by atoms with van der Waals surface area (Å²) in [6.07, 6.45) is 0.325. The molecule has 3 aromatic heterocycles. The van der Waals surface area contributed by atoms with Crippen LogP contribution < -0.4 is 15.2 Å². The molecule has 1 aliphatic heterocycles. The number of likely N-dealkylation sites (N-methyl/N-ethyl adjacent to an activating group) is 1. The first kappa shape index (κ1) is 19.9. The van der Waals surface area contributed by atoms with Gasteiger partial charge in [-0.15, -0.1) is 10.2 Å². The maximum absolute atomic E-state index is 12.8. The zero-order chi connectivity index (χ0) is 22.4. The predicted octanol–water partition coefficient (Wildman–Crippen LogP) is 0.422. The van der Waals surface area contributed by atoms with E-state index in [1.165, 1.54) is 27.6 Å². The summed E-state index contributed by atoms with van der Waals surface area (Å²) in [5.41, 5.74) is 1.36. The van der Waals surface area contributed by atoms with Gasteiger partial charge in [0.05, 0.1) is 13.1 Å². The Kier molecular flexibility index (Phi) is 4.70. The van der Waals surface area contributed by atoms with E-state index in [9.17, 15) is 14.7 Å². The second kappa shape index (κ2) is 7.57. The van der Waals surface area contributed by atoms with Crippen LogP contribution in [-0.4, -0.2) is 54.4 Å². The van der Waals surface area contributed by atoms with E-state index < -0.39 is 11.7 Å². The highest BCUT2D eigenvalue weighted by molar-refractivity contribution is 5.96. The molecule has 12 heteroatoms. The van der Waals surface area contributed by atoms with Gasteiger partial charge >= 0.3 is 0 Å². The number of aryl methyl sites for hydroxylation is 1. The third kappa shape index (κ3) is 3.50. The molecule has 32 heavy (non-hydrogen) atoms. The molecule has 0 aliphatic carbocycles. The number of rotatable bonds is 5. The zero-order valence-corrected chi connectivity index (χ0v) is 17.3. The van der Waals surface area contributed by atoms with Gasteiger partial charge in [0.1, 0.15) is 23.8 Å². The number of fused-ring (bicyclic) bond motifs is 2. The third-order valence-electron chi connectivity index (χ3n) is 5.19. The van der Waals surface area contributed by atoms with Crippen molar-refractivity contribution in [3.05, 3.63) is 58.1 Å². The fraction of sp³-hybridized carbons (Fsp3) is 0.300. The lowest BCUT2D eigenvalue weighted by Gasteiger charge is -2.24. The molecule has 0 radical (unpaired) electrons. The summed E-state index contributed by atoms with van der Waals surface area (Å²) >= 11 is 0. The number of benzene rings is 1. The number of hydrogen-bond donors (Lipinski definition) is 1. The molecule has 1 N–H and O–H groups in total. The van der Waals surface area contributed by atoms with E-state index in [0.717, 1.165) is 10.9 Å². The van der Waals surface area contributed by atoms with Crippen molar-refractivity contribution < 1.29 is 19.1 Å². The molecule has 4 aromatic rings. The third-order valence-corrected chi connectivity index (χ3v) is 5.19. The Bertz CT molecular complexity index is 1390. The monoisotopic (exact) mass is 437 g/mol. The number of nitrogens with zero attached hydrogens (tertiary/aromatic N) is 7. The number of carbonyl (C=O) groups is 1. The molecule has 1 amide bonds. The Morgan fingerprint density at radius 1 is 1.25 bits per heavy atom. The van der Waals surface area contributed by atoms with Crippen molar-refractivity contribution in [2.24, 2.45) is 0 Å². The molecule has 0 bridgehead atoms. The maximum atomic E-state index is 12.8. The quantitative estimate of drug-likeness (QED) is 0.470. The van der Waals surface area contributed by atoms with Crippen molar-refractivity contribution in [3.63, 3.8) is 0 Å². The first-order valence-corrected chi connectivity index (χ1v) is 9.82. The van der Waals surface area contributed by atoms with Crippen molar-refractivity contribution in [1.29, 1.82) is 0 Å². The van der Waals surface area contributed by atoms with Crippen molar-refractivity contribution in [3.8, 4) is 5.88 Å². The summed E-state index contributed by atoms with van der Waals surface area (Å²) in [7, 11) is 1.49. The van der Waals surface area contributed by atoms with E-state index in [-0.39, 0.29) is 43.0 Å². The number of hydrogen-bond acceptors (Lipinski definition) is 9. The molecule has 164 valence electrons. The summed E-state index contributed by atoms with van der Waals surface area (Å²) in [6.45, 7) is 1.81. The zero-order valence-electron chi connectivity index (χ0n) is 17.3. The van der Waals surface area contributed by atoms with Gasteiger partial charge in [0.25, 0.3) is 11.5 Å². The van der Waals surface area contributed by atoms with Crippen LogP contribution in [0.3, 0.4) is 0 Å². The fourth-order valence-electron chi connectivity index (χ4n) is 3.46. The molecule has 0 fully saturated rings. The minimum atomic E-state index is -0.977. The van der Waals surface area contributed by atoms with E-state index in [1.807, 2.05) is 25.1 Å². The van der Waals surface area contributed by atoms with E-state index in [0.29, 0.717) is 11.3 Å². The number of tetrazole rings is 1. The van der Waals surface area contributed by atoms with Gasteiger partial charge in [-0.2, -0.15) is 4.80 Å². The van der Waals surface area contributed by atoms with E-state index in [4.69, 9.17) is 9.15 Å². The second-order valence-electron chi connectivity index (χ2n) is 7.54. The number of furan rings is 1. The summed E-state index contributed by atoms with van der Waals surface area (Å²) in [6, 6.07) is 7.57. The van der Waals surface area contributed by atoms with E-state index >= 15 is 0 Å². The fourth-order valence-corrected chi connectivity index (χ4v) is 3.46. The lowest BCUT2D eigenvalue weighted by Crippen LogP contribution is -2.41. The molecule has 12 nitrogen and oxygen atoms in total. The van der Waals surface area contributed by atoms with Crippen LogP contribution >= 0.6 is 0 Å². The van der Waals surface area contributed by atoms with Crippen LogP contribution in [0.5, 0.6) is 5.88 Å². The van der Waals surface area contributed by atoms with Crippen molar-refractivity contribution in [1.82, 2.24) is 29.8 Å². The minimum absolute atomic E-state index is 0.0127. The standard InChI is InChI=1S/C20H19N7O5/c1-11-3-4-12-6-15(32-14(12)5-11)13(28)7-27-23-16(22-24-27)8-26-10-21-19-18(20(26)30)25(2)17(29)9-31-19/h3-6,10,13,28H,7-9H2,1-2H3/t13-/m0/s1. The molecule has 1 aromatic carbocycles. The normalized spacial score (nSPS) is 14.5. The molecule has 5 rings (SSSR count). The minimum Gasteiger partial charge on any atom is -0.466 e. The first-order valence-electron chi connectivity index (χ1n) is 9.82. The summed E-state index contributed by atoms with van der Waals surface area (Å²) in [4.78, 5) is 31.1. The Labute approximate surface area is 180 Å². The molecule has 0 spiro atoms. The summed E-state index contributed by atoms with van der Waals surface area (Å²) in [5, 5.41) is 23.5. The van der Waals surface area contributed by atoms with Crippen LogP contribution in [0.2, 0.25) is 0 Å². The van der Waals surface area contributed by atoms with Gasteiger partial charge in [-0.3, -0.25) is 14.2 Å². The predicted molar refractivity (Wildman–Crippen MR) is 110 cm³/mol. The average Bonchev–Trinajstić information content (AvgIpc) is 3.39. The van der Waals surface area contributed by atoms with Gasteiger partial charge < -0.3 is 19.2 Å². The van der Waals surface area contributed by atoms with Crippen molar-refractivity contribution >= 4 is 22.6 Å². The number of amides is 1. The largest absolute Gasteiger partial charge is 0.466 e. The number of carbonyl (C=O) groups excluding carboxylic acids is 1. The topological polar surface area (TPSA) is 141 Å². The van der Waals surface area contributed by atoms with Crippen molar-refractivity contribution in [2.75, 3.05) is 18.6 Å². The van der Waals surface area contributed by atoms with E-state index in [1.54, 1.807) is 6.07 Å². The highest BCUT2D eigenvalue weighted by Crippen LogP contribution is 2.26. The van der Waals surface area contributed by atoms with Crippen LogP contribution in [0.1, 0.15) is 23.3 Å². The SMILES string of the molecule is Cc1ccc2cc([C@@H](O)Cn3nnc(Cn4cnc5c(c4=O)N(C)C(=O)CO5)n3)oc2c1. The Morgan fingerprint density at radius 3 is 2.94 bits per heavy atom. The highest BCUT2D eigenvalue weighted by atomic mass is 16.5. The average molecular weight is 437 g/mol. The maximum Gasteiger partial charge on any atom is 0.281 e. The van der Waals surface area contributed by atoms with Crippen molar-refractivity contribution in [2.45, 2.75) is 26.1 Å².